The van der Waals surface area contributed by atoms with Crippen LogP contribution in [-0.4, -0.2) is 79.8 Å². The van der Waals surface area contributed by atoms with Crippen molar-refractivity contribution in [3.8, 4) is 11.3 Å². The van der Waals surface area contributed by atoms with Gasteiger partial charge in [-0.25, -0.2) is 17.6 Å². The Bertz CT molecular complexity index is 1490. The van der Waals surface area contributed by atoms with Crippen LogP contribution in [0.25, 0.3) is 22.3 Å². The normalized spacial score (nSPS) is 17.4. The molecule has 0 radical (unpaired) electrons. The molecule has 3 aromatic rings. The number of halogens is 1. The average Bonchev–Trinajstić information content (AvgIpc) is 3.22. The quantitative estimate of drug-likeness (QED) is 0.285. The lowest BCUT2D eigenvalue weighted by atomic mass is 10.0. The van der Waals surface area contributed by atoms with E-state index in [-0.39, 0.29) is 43.3 Å². The number of hydrogen-bond acceptors (Lipinski definition) is 9. The summed E-state index contributed by atoms with van der Waals surface area (Å²) in [5, 5.41) is 3.03. The number of benzene rings is 2. The number of hydrogen-bond donors (Lipinski definition) is 1. The zero-order chi connectivity index (χ0) is 29.0. The number of sulfonamides is 1. The lowest BCUT2D eigenvalue weighted by Crippen LogP contribution is -2.39. The standard InChI is InChI=1S/C27H31FN2O9S/c1-16-20-11-21-23(39-26(25(21)27(32)29-2)17-5-7-18(28)8-6-17)12-22(20)30(40(4,33)34)13-19(38-16)14-37-24(31)15-36-10-9-35-3/h5-8,11-12,16,19H,9-10,13-15H2,1-4H3,(H,29,32)/t16-,19-/m0/s1. The monoisotopic (exact) mass is 578 g/mol. The summed E-state index contributed by atoms with van der Waals surface area (Å²) < 4.78 is 68.0. The number of fused-ring (bicyclic) bond motifs is 2. The lowest BCUT2D eigenvalue weighted by molar-refractivity contribution is -0.154. The molecule has 2 heterocycles. The van der Waals surface area contributed by atoms with Gasteiger partial charge in [-0.2, -0.15) is 0 Å². The first-order valence-corrected chi connectivity index (χ1v) is 14.3. The van der Waals surface area contributed by atoms with Crippen molar-refractivity contribution in [3.05, 3.63) is 53.3 Å². The van der Waals surface area contributed by atoms with Crippen LogP contribution >= 0.6 is 0 Å². The molecule has 2 atom stereocenters. The number of ether oxygens (including phenoxy) is 4. The fraction of sp³-hybridized carbons (Fsp3) is 0.407. The fourth-order valence-corrected chi connectivity index (χ4v) is 5.42. The largest absolute Gasteiger partial charge is 0.461 e. The second kappa shape index (κ2) is 12.3. The molecule has 0 unspecified atom stereocenters. The van der Waals surface area contributed by atoms with Gasteiger partial charge >= 0.3 is 5.97 Å². The van der Waals surface area contributed by atoms with Crippen molar-refractivity contribution in [2.24, 2.45) is 0 Å². The highest BCUT2D eigenvalue weighted by Gasteiger charge is 2.34. The van der Waals surface area contributed by atoms with E-state index in [0.29, 0.717) is 28.8 Å². The maximum Gasteiger partial charge on any atom is 0.332 e. The van der Waals surface area contributed by atoms with Gasteiger partial charge in [-0.3, -0.25) is 9.10 Å². The SMILES string of the molecule is CNC(=O)c1c(-c2ccc(F)cc2)oc2cc3c(cc12)[C@H](C)O[C@H](COC(=O)COCCOC)CN3S(C)(=O)=O. The van der Waals surface area contributed by atoms with E-state index in [2.05, 4.69) is 5.32 Å². The predicted octanol–water partition coefficient (Wildman–Crippen LogP) is 3.03. The number of esters is 1. The first kappa shape index (κ1) is 29.5. The number of nitrogens with one attached hydrogen (secondary N) is 1. The third-order valence-electron chi connectivity index (χ3n) is 6.35. The maximum absolute atomic E-state index is 13.6. The van der Waals surface area contributed by atoms with Crippen molar-refractivity contribution < 1.29 is 45.8 Å². The molecule has 0 spiro atoms. The van der Waals surface area contributed by atoms with Gasteiger partial charge < -0.3 is 28.7 Å². The molecule has 40 heavy (non-hydrogen) atoms. The van der Waals surface area contributed by atoms with Crippen LogP contribution < -0.4 is 9.62 Å². The molecule has 0 aliphatic carbocycles. The van der Waals surface area contributed by atoms with Crippen LogP contribution in [-0.2, 0) is 33.8 Å². The van der Waals surface area contributed by atoms with Gasteiger partial charge in [0.2, 0.25) is 10.0 Å². The van der Waals surface area contributed by atoms with E-state index in [1.165, 1.54) is 42.7 Å². The molecule has 1 aliphatic heterocycles. The number of carbonyl (C=O) groups is 2. The van der Waals surface area contributed by atoms with Crippen LogP contribution in [0.1, 0.15) is 28.9 Å². The van der Waals surface area contributed by atoms with E-state index < -0.39 is 39.9 Å². The van der Waals surface area contributed by atoms with E-state index in [4.69, 9.17) is 23.4 Å². The molecule has 0 bridgehead atoms. The van der Waals surface area contributed by atoms with E-state index in [1.54, 1.807) is 19.1 Å². The Morgan fingerprint density at radius 1 is 1.18 bits per heavy atom. The van der Waals surface area contributed by atoms with Gasteiger partial charge in [0.05, 0.1) is 43.4 Å². The van der Waals surface area contributed by atoms with Crippen LogP contribution in [0.15, 0.2) is 40.8 Å². The Hall–Kier alpha value is -3.52. The highest BCUT2D eigenvalue weighted by atomic mass is 32.2. The molecule has 1 N–H and O–H groups in total. The van der Waals surface area contributed by atoms with Gasteiger partial charge in [-0.15, -0.1) is 0 Å². The van der Waals surface area contributed by atoms with Crippen molar-refractivity contribution in [1.29, 1.82) is 0 Å². The summed E-state index contributed by atoms with van der Waals surface area (Å²) in [7, 11) is -0.827. The van der Waals surface area contributed by atoms with Crippen molar-refractivity contribution in [1.82, 2.24) is 5.32 Å². The zero-order valence-corrected chi connectivity index (χ0v) is 23.4. The van der Waals surface area contributed by atoms with Gasteiger partial charge in [0.15, 0.2) is 0 Å². The summed E-state index contributed by atoms with van der Waals surface area (Å²) in [4.78, 5) is 25.0. The minimum atomic E-state index is -3.82. The third-order valence-corrected chi connectivity index (χ3v) is 7.50. The Labute approximate surface area is 231 Å². The summed E-state index contributed by atoms with van der Waals surface area (Å²) in [6.45, 7) is 1.67. The van der Waals surface area contributed by atoms with Crippen molar-refractivity contribution in [2.45, 2.75) is 19.1 Å². The van der Waals surface area contributed by atoms with Crippen LogP contribution in [0.4, 0.5) is 10.1 Å². The molecule has 11 nitrogen and oxygen atoms in total. The van der Waals surface area contributed by atoms with E-state index in [0.717, 1.165) is 6.26 Å². The number of carbonyl (C=O) groups excluding carboxylic acids is 2. The zero-order valence-electron chi connectivity index (χ0n) is 22.6. The highest BCUT2D eigenvalue weighted by Crippen LogP contribution is 2.42. The summed E-state index contributed by atoms with van der Waals surface area (Å²) in [6.07, 6.45) is -0.375. The minimum Gasteiger partial charge on any atom is -0.461 e. The number of anilines is 1. The molecule has 4 rings (SSSR count). The number of methoxy groups -OCH3 is 1. The first-order valence-electron chi connectivity index (χ1n) is 12.5. The molecule has 2 aromatic carbocycles. The molecule has 216 valence electrons. The van der Waals surface area contributed by atoms with E-state index >= 15 is 0 Å². The molecule has 1 amide bonds. The van der Waals surface area contributed by atoms with Crippen molar-refractivity contribution in [3.63, 3.8) is 0 Å². The number of nitrogens with zero attached hydrogens (tertiary/aromatic N) is 1. The highest BCUT2D eigenvalue weighted by molar-refractivity contribution is 7.92. The molecule has 1 aliphatic rings. The Balaban J connectivity index is 1.71. The van der Waals surface area contributed by atoms with E-state index in [9.17, 15) is 22.4 Å². The van der Waals surface area contributed by atoms with Gasteiger partial charge in [0.1, 0.15) is 36.5 Å². The van der Waals surface area contributed by atoms with Gasteiger partial charge in [0, 0.05) is 36.7 Å². The summed E-state index contributed by atoms with van der Waals surface area (Å²) in [5.41, 5.74) is 1.75. The number of furan rings is 1. The number of amides is 1. The van der Waals surface area contributed by atoms with Crippen LogP contribution in [0, 0.1) is 5.82 Å². The molecule has 1 aromatic heterocycles. The Kier molecular flexibility index (Phi) is 9.08. The molecular formula is C27H31FN2O9S. The Morgan fingerprint density at radius 2 is 1.90 bits per heavy atom. The second-order valence-corrected chi connectivity index (χ2v) is 11.1. The topological polar surface area (TPSA) is 134 Å². The van der Waals surface area contributed by atoms with Crippen molar-refractivity contribution in [2.75, 3.05) is 57.7 Å². The predicted molar refractivity (Wildman–Crippen MR) is 144 cm³/mol. The summed E-state index contributed by atoms with van der Waals surface area (Å²) in [5.74, 6) is -1.29. The second-order valence-electron chi connectivity index (χ2n) is 9.22. The fourth-order valence-electron chi connectivity index (χ4n) is 4.47. The third kappa shape index (κ3) is 6.44. The first-order chi connectivity index (χ1) is 19.0. The minimum absolute atomic E-state index is 0.132. The number of rotatable bonds is 10. The van der Waals surface area contributed by atoms with Crippen molar-refractivity contribution >= 4 is 38.6 Å². The Morgan fingerprint density at radius 3 is 2.55 bits per heavy atom. The molecule has 13 heteroatoms. The van der Waals surface area contributed by atoms with E-state index in [1.807, 2.05) is 0 Å². The van der Waals surface area contributed by atoms with Gasteiger partial charge in [-0.05, 0) is 37.3 Å². The average molecular weight is 579 g/mol. The molecular weight excluding hydrogens is 547 g/mol. The van der Waals surface area contributed by atoms with Crippen LogP contribution in [0.2, 0.25) is 0 Å². The molecule has 0 saturated carbocycles. The van der Waals surface area contributed by atoms with Crippen LogP contribution in [0.5, 0.6) is 0 Å². The molecule has 0 fully saturated rings. The summed E-state index contributed by atoms with van der Waals surface area (Å²) >= 11 is 0. The van der Waals surface area contributed by atoms with Gasteiger partial charge in [-0.1, -0.05) is 0 Å². The molecule has 0 saturated heterocycles. The smallest absolute Gasteiger partial charge is 0.332 e. The van der Waals surface area contributed by atoms with Gasteiger partial charge in [0.25, 0.3) is 5.91 Å². The summed E-state index contributed by atoms with van der Waals surface area (Å²) in [6, 6.07) is 8.70. The van der Waals surface area contributed by atoms with Crippen LogP contribution in [0.3, 0.4) is 0 Å². The maximum atomic E-state index is 13.6. The lowest BCUT2D eigenvalue weighted by Gasteiger charge is -2.24.